The molecule has 0 unspecified atom stereocenters. The van der Waals surface area contributed by atoms with Crippen molar-refractivity contribution in [3.05, 3.63) is 220 Å². The van der Waals surface area contributed by atoms with Crippen LogP contribution in [-0.2, 0) is 0 Å². The van der Waals surface area contributed by atoms with Gasteiger partial charge in [-0.2, -0.15) is 0 Å². The first kappa shape index (κ1) is 42.9. The van der Waals surface area contributed by atoms with Crippen LogP contribution in [0.4, 0.5) is 45.5 Å². The van der Waals surface area contributed by atoms with Crippen molar-refractivity contribution in [2.75, 3.05) is 15.1 Å². The van der Waals surface area contributed by atoms with Crippen molar-refractivity contribution < 1.29 is 0 Å². The van der Waals surface area contributed by atoms with Crippen molar-refractivity contribution in [2.45, 2.75) is 62.3 Å². The van der Waals surface area contributed by atoms with Crippen LogP contribution < -0.4 is 64.3 Å². The Balaban J connectivity index is 1.04. The maximum atomic E-state index is 3.98. The van der Waals surface area contributed by atoms with Gasteiger partial charge >= 0.3 is 0 Å². The number of hydrogen-bond acceptors (Lipinski definition) is 3. The average molecular weight is 888 g/mol. The van der Waals surface area contributed by atoms with Gasteiger partial charge in [0.1, 0.15) is 0 Å². The van der Waals surface area contributed by atoms with Crippen molar-refractivity contribution >= 4 is 115 Å². The molecule has 9 aromatic carbocycles. The molecule has 6 heteroatoms. The van der Waals surface area contributed by atoms with Crippen molar-refractivity contribution in [2.24, 2.45) is 0 Å². The quantitative estimate of drug-likeness (QED) is 0.174. The highest BCUT2D eigenvalue weighted by Crippen LogP contribution is 2.40. The van der Waals surface area contributed by atoms with Gasteiger partial charge in [-0.1, -0.05) is 176 Å². The highest BCUT2D eigenvalue weighted by molar-refractivity contribution is 7.00. The number of rotatable bonds is 5. The van der Waals surface area contributed by atoms with Gasteiger partial charge < -0.3 is 15.1 Å². The highest BCUT2D eigenvalue weighted by atomic mass is 15.2. The Bertz CT molecular complexity index is 3220. The molecule has 9 aromatic rings. The molecule has 0 atom stereocenters. The van der Waals surface area contributed by atoms with Gasteiger partial charge in [0.2, 0.25) is 20.1 Å². The minimum atomic E-state index is -0.0291. The molecule has 0 aliphatic carbocycles. The lowest BCUT2D eigenvalue weighted by Crippen LogP contribution is -2.59. The maximum Gasteiger partial charge on any atom is 0.247 e. The second-order valence-electron chi connectivity index (χ2n) is 20.3. The van der Waals surface area contributed by atoms with Crippen LogP contribution in [0.5, 0.6) is 0 Å². The van der Waals surface area contributed by atoms with Crippen LogP contribution >= 0.6 is 0 Å². The number of fused-ring (bicyclic) bond motifs is 6. The summed E-state index contributed by atoms with van der Waals surface area (Å²) in [5.74, 6) is 0. The molecule has 12 rings (SSSR count). The topological polar surface area (TPSA) is 18.5 Å². The number of benzene rings is 9. The van der Waals surface area contributed by atoms with Crippen LogP contribution in [0.25, 0.3) is 0 Å². The highest BCUT2D eigenvalue weighted by Gasteiger charge is 2.40. The smallest absolute Gasteiger partial charge is 0.247 e. The van der Waals surface area contributed by atoms with Crippen molar-refractivity contribution in [1.29, 1.82) is 0 Å². The van der Waals surface area contributed by atoms with Gasteiger partial charge in [0, 0.05) is 45.5 Å². The summed E-state index contributed by atoms with van der Waals surface area (Å²) < 4.78 is 0. The Labute approximate surface area is 410 Å². The lowest BCUT2D eigenvalue weighted by molar-refractivity contribution is 1.29. The standard InChI is InChI=1S/C63H56B3N3/c1-38-30-41(4)61(42(5)31-38)64-49-18-10-14-22-57(49)68(58-23-15-11-19-50(58)64)47-26-28-55-53(36-47)66(63-45(8)34-40(3)35-46(63)9)54-37-48(27-29-56(54)67-55)69-59-24-16-12-20-51(59)65(52-21-13-17-25-60(52)69)62-43(6)32-39(2)33-44(62)7/h10-37,67H,1-9H3. The number of anilines is 8. The summed E-state index contributed by atoms with van der Waals surface area (Å²) in [5.41, 5.74) is 33.4. The van der Waals surface area contributed by atoms with Gasteiger partial charge in [-0.25, -0.2) is 0 Å². The zero-order valence-corrected chi connectivity index (χ0v) is 41.3. The second kappa shape index (κ2) is 16.4. The molecule has 0 saturated carbocycles. The Morgan fingerprint density at radius 3 is 0.841 bits per heavy atom. The number of para-hydroxylation sites is 4. The van der Waals surface area contributed by atoms with E-state index in [-0.39, 0.29) is 20.1 Å². The molecule has 0 radical (unpaired) electrons. The van der Waals surface area contributed by atoms with E-state index in [1.54, 1.807) is 0 Å². The number of hydrogen-bond donors (Lipinski definition) is 1. The third-order valence-corrected chi connectivity index (χ3v) is 15.5. The minimum absolute atomic E-state index is 0.0291. The van der Waals surface area contributed by atoms with Gasteiger partial charge in [0.25, 0.3) is 0 Å². The van der Waals surface area contributed by atoms with E-state index >= 15 is 0 Å². The lowest BCUT2D eigenvalue weighted by Gasteiger charge is -2.39. The molecule has 69 heavy (non-hydrogen) atoms. The predicted molar refractivity (Wildman–Crippen MR) is 301 cm³/mol. The fourth-order valence-electron chi connectivity index (χ4n) is 13.2. The first-order chi connectivity index (χ1) is 33.4. The molecular formula is C63H56B3N3. The molecule has 3 nitrogen and oxygen atoms in total. The van der Waals surface area contributed by atoms with Crippen LogP contribution in [0.3, 0.4) is 0 Å². The fraction of sp³-hybridized carbons (Fsp3) is 0.143. The summed E-state index contributed by atoms with van der Waals surface area (Å²) in [6.45, 7) is 20.6. The SMILES string of the molecule is Cc1cc(C)c(B2c3cc(N4c5ccccc5B(c5c(C)cc(C)cc5C)c5ccccc54)ccc3Nc3ccc(N4c5ccccc5B(c5c(C)cc(C)cc5C)c5ccccc54)cc32)c(C)c1. The molecule has 0 spiro atoms. The molecule has 0 amide bonds. The molecule has 3 aliphatic heterocycles. The van der Waals surface area contributed by atoms with Crippen LogP contribution in [0.1, 0.15) is 50.1 Å². The summed E-state index contributed by atoms with van der Waals surface area (Å²) in [5, 5.41) is 3.98. The Kier molecular flexibility index (Phi) is 10.2. The first-order valence-electron chi connectivity index (χ1n) is 24.7. The zero-order chi connectivity index (χ0) is 47.4. The molecule has 0 saturated heterocycles. The van der Waals surface area contributed by atoms with Gasteiger partial charge in [0.05, 0.1) is 0 Å². The summed E-state index contributed by atoms with van der Waals surface area (Å²) in [4.78, 5) is 5.04. The molecule has 332 valence electrons. The van der Waals surface area contributed by atoms with Gasteiger partial charge in [-0.3, -0.25) is 0 Å². The number of aryl methyl sites for hydroxylation is 9. The maximum absolute atomic E-state index is 3.98. The molecule has 0 aromatic heterocycles. The molecule has 1 N–H and O–H groups in total. The van der Waals surface area contributed by atoms with E-state index in [1.807, 2.05) is 0 Å². The van der Waals surface area contributed by atoms with Crippen LogP contribution in [-0.4, -0.2) is 20.1 Å². The summed E-state index contributed by atoms with van der Waals surface area (Å²) in [6.07, 6.45) is 0. The molecule has 0 bridgehead atoms. The second-order valence-corrected chi connectivity index (χ2v) is 20.3. The Morgan fingerprint density at radius 1 is 0.290 bits per heavy atom. The monoisotopic (exact) mass is 887 g/mol. The largest absolute Gasteiger partial charge is 0.356 e. The van der Waals surface area contributed by atoms with Crippen LogP contribution in [0, 0.1) is 62.3 Å². The van der Waals surface area contributed by atoms with Gasteiger partial charge in [0.15, 0.2) is 0 Å². The van der Waals surface area contributed by atoms with E-state index in [9.17, 15) is 0 Å². The van der Waals surface area contributed by atoms with E-state index in [0.717, 1.165) is 22.7 Å². The Morgan fingerprint density at radius 2 is 0.551 bits per heavy atom. The average Bonchev–Trinajstić information content (AvgIpc) is 3.32. The van der Waals surface area contributed by atoms with Gasteiger partial charge in [-0.15, -0.1) is 0 Å². The third kappa shape index (κ3) is 6.82. The summed E-state index contributed by atoms with van der Waals surface area (Å²) >= 11 is 0. The molecule has 0 fully saturated rings. The van der Waals surface area contributed by atoms with E-state index in [4.69, 9.17) is 0 Å². The lowest BCUT2D eigenvalue weighted by atomic mass is 9.33. The predicted octanol–water partition coefficient (Wildman–Crippen LogP) is 9.63. The number of nitrogens with zero attached hydrogens (tertiary/aromatic N) is 2. The third-order valence-electron chi connectivity index (χ3n) is 15.5. The van der Waals surface area contributed by atoms with Crippen LogP contribution in [0.15, 0.2) is 170 Å². The van der Waals surface area contributed by atoms with Crippen molar-refractivity contribution in [3.8, 4) is 0 Å². The van der Waals surface area contributed by atoms with E-state index in [1.165, 1.54) is 122 Å². The van der Waals surface area contributed by atoms with Crippen molar-refractivity contribution in [1.82, 2.24) is 0 Å². The van der Waals surface area contributed by atoms with E-state index < -0.39 is 0 Å². The first-order valence-corrected chi connectivity index (χ1v) is 24.7. The molecular weight excluding hydrogens is 831 g/mol. The molecule has 3 heterocycles. The molecule has 3 aliphatic rings. The zero-order valence-electron chi connectivity index (χ0n) is 41.3. The summed E-state index contributed by atoms with van der Waals surface area (Å²) in [6, 6.07) is 64.8. The normalized spacial score (nSPS) is 13.3. The minimum Gasteiger partial charge on any atom is -0.356 e. The van der Waals surface area contributed by atoms with Crippen molar-refractivity contribution in [3.63, 3.8) is 0 Å². The summed E-state index contributed by atoms with van der Waals surface area (Å²) in [7, 11) is 0. The van der Waals surface area contributed by atoms with E-state index in [2.05, 4.69) is 247 Å². The fourth-order valence-corrected chi connectivity index (χ4v) is 13.2. The van der Waals surface area contributed by atoms with E-state index in [0.29, 0.717) is 0 Å². The van der Waals surface area contributed by atoms with Crippen LogP contribution in [0.2, 0.25) is 0 Å². The number of nitrogens with one attached hydrogen (secondary N) is 1. The Hall–Kier alpha value is -7.43. The van der Waals surface area contributed by atoms with Gasteiger partial charge in [-0.05, 0) is 156 Å².